The van der Waals surface area contributed by atoms with E-state index in [4.69, 9.17) is 9.47 Å². The number of aliphatic carboxylic acids is 1. The van der Waals surface area contributed by atoms with Crippen LogP contribution in [0.1, 0.15) is 25.3 Å². The van der Waals surface area contributed by atoms with Gasteiger partial charge in [0.25, 0.3) is 0 Å². The minimum atomic E-state index is -1.13. The fourth-order valence-electron chi connectivity index (χ4n) is 3.74. The fourth-order valence-corrected chi connectivity index (χ4v) is 3.74. The minimum absolute atomic E-state index is 0.0966. The maximum Gasteiger partial charge on any atom is 0.326 e. The molecule has 2 N–H and O–H groups in total. The zero-order chi connectivity index (χ0) is 20.7. The first-order valence-corrected chi connectivity index (χ1v) is 9.31. The molecule has 0 bridgehead atoms. The average Bonchev–Trinajstić information content (AvgIpc) is 3.16. The molecule has 8 nitrogen and oxygen atoms in total. The van der Waals surface area contributed by atoms with Gasteiger partial charge in [-0.15, -0.1) is 0 Å². The first-order chi connectivity index (χ1) is 13.4. The molecule has 0 saturated carbocycles. The summed E-state index contributed by atoms with van der Waals surface area (Å²) in [6, 6.07) is 5.80. The van der Waals surface area contributed by atoms with Crippen LogP contribution in [0.2, 0.25) is 0 Å². The number of hydrogen-bond donors (Lipinski definition) is 2. The Morgan fingerprint density at radius 2 is 2.07 bits per heavy atom. The number of methoxy groups -OCH3 is 2. The van der Waals surface area contributed by atoms with Crippen LogP contribution in [0.15, 0.2) is 24.3 Å². The van der Waals surface area contributed by atoms with E-state index in [1.807, 2.05) is 0 Å². The van der Waals surface area contributed by atoms with Gasteiger partial charge in [0, 0.05) is 20.1 Å². The standard InChI is InChI=1S/C20H28N2O6/c1-13(18(28-3)16-8-6-10-22(16)12-23)19(24)21-15(20(25)26)11-14-7-4-5-9-17(14)27-2/h4-5,7,9,12-13,15-16,18H,6,8,10-11H2,1-3H3,(H,21,24)(H,25,26). The highest BCUT2D eigenvalue weighted by molar-refractivity contribution is 5.85. The van der Waals surface area contributed by atoms with Crippen molar-refractivity contribution in [2.75, 3.05) is 20.8 Å². The zero-order valence-corrected chi connectivity index (χ0v) is 16.5. The number of benzene rings is 1. The molecule has 1 aliphatic heterocycles. The zero-order valence-electron chi connectivity index (χ0n) is 16.5. The third-order valence-corrected chi connectivity index (χ3v) is 5.27. The Labute approximate surface area is 164 Å². The molecule has 0 spiro atoms. The SMILES string of the molecule is COc1ccccc1CC(NC(=O)C(C)C(OC)C1CCCN1C=O)C(=O)O. The van der Waals surface area contributed by atoms with Gasteiger partial charge in [-0.25, -0.2) is 4.79 Å². The lowest BCUT2D eigenvalue weighted by Gasteiger charge is -2.32. The van der Waals surface area contributed by atoms with Crippen molar-refractivity contribution in [3.8, 4) is 5.75 Å². The monoisotopic (exact) mass is 392 g/mol. The van der Waals surface area contributed by atoms with Crippen LogP contribution in [0.3, 0.4) is 0 Å². The van der Waals surface area contributed by atoms with Crippen molar-refractivity contribution < 1.29 is 29.0 Å². The lowest BCUT2D eigenvalue weighted by molar-refractivity contribution is -0.144. The molecule has 1 aliphatic rings. The molecule has 28 heavy (non-hydrogen) atoms. The number of carbonyl (C=O) groups is 3. The van der Waals surface area contributed by atoms with Gasteiger partial charge in [0.15, 0.2) is 0 Å². The summed E-state index contributed by atoms with van der Waals surface area (Å²) in [7, 11) is 3.01. The van der Waals surface area contributed by atoms with Gasteiger partial charge in [-0.05, 0) is 24.5 Å². The number of amides is 2. The summed E-state index contributed by atoms with van der Waals surface area (Å²) >= 11 is 0. The van der Waals surface area contributed by atoms with E-state index < -0.39 is 29.9 Å². The van der Waals surface area contributed by atoms with Crippen LogP contribution in [0.4, 0.5) is 0 Å². The molecule has 154 valence electrons. The summed E-state index contributed by atoms with van der Waals surface area (Å²) in [6.07, 6.45) is 1.96. The number of ether oxygens (including phenoxy) is 2. The van der Waals surface area contributed by atoms with Crippen LogP contribution in [0.5, 0.6) is 5.75 Å². The quantitative estimate of drug-likeness (QED) is 0.577. The molecule has 0 radical (unpaired) electrons. The lowest BCUT2D eigenvalue weighted by atomic mass is 9.94. The minimum Gasteiger partial charge on any atom is -0.496 e. The van der Waals surface area contributed by atoms with Gasteiger partial charge >= 0.3 is 5.97 Å². The lowest BCUT2D eigenvalue weighted by Crippen LogP contribution is -2.51. The molecule has 1 fully saturated rings. The Hall–Kier alpha value is -2.61. The van der Waals surface area contributed by atoms with E-state index in [1.165, 1.54) is 14.2 Å². The molecule has 0 aliphatic carbocycles. The molecular formula is C20H28N2O6. The summed E-state index contributed by atoms with van der Waals surface area (Å²) < 4.78 is 10.8. The van der Waals surface area contributed by atoms with E-state index in [-0.39, 0.29) is 12.5 Å². The molecule has 4 atom stereocenters. The number of carboxylic acid groups (broad SMARTS) is 1. The highest BCUT2D eigenvalue weighted by Crippen LogP contribution is 2.25. The predicted molar refractivity (Wildman–Crippen MR) is 102 cm³/mol. The molecule has 4 unspecified atom stereocenters. The number of nitrogens with zero attached hydrogens (tertiary/aromatic N) is 1. The number of carboxylic acids is 1. The van der Waals surface area contributed by atoms with Crippen molar-refractivity contribution >= 4 is 18.3 Å². The highest BCUT2D eigenvalue weighted by Gasteiger charge is 2.38. The number of rotatable bonds is 10. The molecule has 0 aromatic heterocycles. The Morgan fingerprint density at radius 1 is 1.36 bits per heavy atom. The van der Waals surface area contributed by atoms with Gasteiger partial charge in [-0.2, -0.15) is 0 Å². The number of carbonyl (C=O) groups excluding carboxylic acids is 2. The maximum atomic E-state index is 12.8. The van der Waals surface area contributed by atoms with Gasteiger partial charge in [-0.3, -0.25) is 9.59 Å². The first kappa shape index (κ1) is 21.7. The maximum absolute atomic E-state index is 12.8. The van der Waals surface area contributed by atoms with Gasteiger partial charge in [0.05, 0.1) is 25.2 Å². The van der Waals surface area contributed by atoms with Gasteiger partial charge in [0.2, 0.25) is 12.3 Å². The largest absolute Gasteiger partial charge is 0.496 e. The summed E-state index contributed by atoms with van der Waals surface area (Å²) in [5, 5.41) is 12.2. The van der Waals surface area contributed by atoms with E-state index in [1.54, 1.807) is 36.1 Å². The second-order valence-corrected chi connectivity index (χ2v) is 6.96. The summed E-state index contributed by atoms with van der Waals surface area (Å²) in [4.78, 5) is 37.4. The van der Waals surface area contributed by atoms with Crippen LogP contribution in [-0.2, 0) is 25.5 Å². The van der Waals surface area contributed by atoms with Crippen molar-refractivity contribution in [2.24, 2.45) is 5.92 Å². The smallest absolute Gasteiger partial charge is 0.326 e. The molecule has 2 amide bonds. The van der Waals surface area contributed by atoms with E-state index >= 15 is 0 Å². The Bertz CT molecular complexity index is 695. The summed E-state index contributed by atoms with van der Waals surface area (Å²) in [6.45, 7) is 2.32. The molecule has 8 heteroatoms. The van der Waals surface area contributed by atoms with Crippen molar-refractivity contribution in [2.45, 2.75) is 44.4 Å². The third kappa shape index (κ3) is 5.01. The van der Waals surface area contributed by atoms with Crippen molar-refractivity contribution in [1.29, 1.82) is 0 Å². The van der Waals surface area contributed by atoms with Crippen LogP contribution in [-0.4, -0.2) is 67.2 Å². The predicted octanol–water partition coefficient (Wildman–Crippen LogP) is 1.08. The van der Waals surface area contributed by atoms with Gasteiger partial charge in [0.1, 0.15) is 11.8 Å². The summed E-state index contributed by atoms with van der Waals surface area (Å²) in [5.74, 6) is -1.60. The second-order valence-electron chi connectivity index (χ2n) is 6.96. The van der Waals surface area contributed by atoms with Crippen LogP contribution in [0, 0.1) is 5.92 Å². The Balaban J connectivity index is 2.10. The van der Waals surface area contributed by atoms with Crippen molar-refractivity contribution in [3.05, 3.63) is 29.8 Å². The molecule has 1 saturated heterocycles. The Morgan fingerprint density at radius 3 is 2.68 bits per heavy atom. The van der Waals surface area contributed by atoms with Crippen LogP contribution >= 0.6 is 0 Å². The molecule has 2 rings (SSSR count). The highest BCUT2D eigenvalue weighted by atomic mass is 16.5. The van der Waals surface area contributed by atoms with E-state index in [0.29, 0.717) is 17.9 Å². The summed E-state index contributed by atoms with van der Waals surface area (Å²) in [5.41, 5.74) is 0.691. The number of likely N-dealkylation sites (tertiary alicyclic amines) is 1. The number of nitrogens with one attached hydrogen (secondary N) is 1. The van der Waals surface area contributed by atoms with E-state index in [2.05, 4.69) is 5.32 Å². The van der Waals surface area contributed by atoms with Crippen LogP contribution < -0.4 is 10.1 Å². The normalized spacial score (nSPS) is 19.5. The second kappa shape index (κ2) is 10.1. The number of para-hydroxylation sites is 1. The molecule has 1 aromatic rings. The van der Waals surface area contributed by atoms with Crippen molar-refractivity contribution in [1.82, 2.24) is 10.2 Å². The molecule has 1 aromatic carbocycles. The van der Waals surface area contributed by atoms with E-state index in [0.717, 1.165) is 19.3 Å². The van der Waals surface area contributed by atoms with Crippen molar-refractivity contribution in [3.63, 3.8) is 0 Å². The molecular weight excluding hydrogens is 364 g/mol. The number of hydrogen-bond acceptors (Lipinski definition) is 5. The van der Waals surface area contributed by atoms with Gasteiger partial charge < -0.3 is 24.8 Å². The van der Waals surface area contributed by atoms with Gasteiger partial charge in [-0.1, -0.05) is 25.1 Å². The Kier molecular flexibility index (Phi) is 7.80. The molecule has 1 heterocycles. The van der Waals surface area contributed by atoms with E-state index in [9.17, 15) is 19.5 Å². The van der Waals surface area contributed by atoms with Crippen LogP contribution in [0.25, 0.3) is 0 Å². The first-order valence-electron chi connectivity index (χ1n) is 9.31. The fraction of sp³-hybridized carbons (Fsp3) is 0.550. The third-order valence-electron chi connectivity index (χ3n) is 5.27. The topological polar surface area (TPSA) is 105 Å². The average molecular weight is 392 g/mol.